The van der Waals surface area contributed by atoms with Crippen LogP contribution < -0.4 is 0 Å². The number of fused-ring (bicyclic) bond motifs is 1. The van der Waals surface area contributed by atoms with Gasteiger partial charge in [-0.3, -0.25) is 9.69 Å². The van der Waals surface area contributed by atoms with Crippen molar-refractivity contribution in [3.8, 4) is 0 Å². The molecular formula is C24H29ClN2O3. The smallest absolute Gasteiger partial charge is 0.307 e. The van der Waals surface area contributed by atoms with Gasteiger partial charge in [0.25, 0.3) is 0 Å². The Morgan fingerprint density at radius 3 is 2.67 bits per heavy atom. The summed E-state index contributed by atoms with van der Waals surface area (Å²) in [4.78, 5) is 19.2. The van der Waals surface area contributed by atoms with Crippen LogP contribution >= 0.6 is 12.4 Å². The highest BCUT2D eigenvalue weighted by atomic mass is 35.5. The topological polar surface area (TPSA) is 62.1 Å². The first-order valence-corrected chi connectivity index (χ1v) is 10.5. The average molecular weight is 429 g/mol. The highest BCUT2D eigenvalue weighted by Crippen LogP contribution is 2.33. The summed E-state index contributed by atoms with van der Waals surface area (Å²) in [5.74, 6) is -0.722. The molecule has 30 heavy (non-hydrogen) atoms. The summed E-state index contributed by atoms with van der Waals surface area (Å²) < 4.78 is 0. The molecule has 1 aliphatic carbocycles. The number of benzene rings is 2. The average Bonchev–Trinajstić information content (AvgIpc) is 2.77. The monoisotopic (exact) mass is 428 g/mol. The predicted octanol–water partition coefficient (Wildman–Crippen LogP) is 4.36. The molecule has 1 N–H and O–H groups in total. The maximum absolute atomic E-state index is 11.2. The van der Waals surface area contributed by atoms with E-state index in [-0.39, 0.29) is 24.2 Å². The van der Waals surface area contributed by atoms with Crippen molar-refractivity contribution in [2.45, 2.75) is 31.6 Å². The fraction of sp³-hybridized carbons (Fsp3) is 0.417. The Balaban J connectivity index is 0.00000256. The van der Waals surface area contributed by atoms with Gasteiger partial charge >= 0.3 is 5.97 Å². The Hall–Kier alpha value is -2.37. The van der Waals surface area contributed by atoms with E-state index < -0.39 is 5.97 Å². The lowest BCUT2D eigenvalue weighted by atomic mass is 9.78. The molecule has 0 bridgehead atoms. The van der Waals surface area contributed by atoms with E-state index in [1.54, 1.807) is 0 Å². The van der Waals surface area contributed by atoms with Crippen LogP contribution in [0.15, 0.2) is 59.8 Å². The van der Waals surface area contributed by atoms with Gasteiger partial charge in [-0.25, -0.2) is 0 Å². The van der Waals surface area contributed by atoms with E-state index in [2.05, 4.69) is 58.6 Å². The molecule has 0 spiro atoms. The first-order chi connectivity index (χ1) is 14.2. The summed E-state index contributed by atoms with van der Waals surface area (Å²) in [5, 5.41) is 13.8. The van der Waals surface area contributed by atoms with Gasteiger partial charge in [-0.15, -0.1) is 12.4 Å². The van der Waals surface area contributed by atoms with Gasteiger partial charge < -0.3 is 9.94 Å². The van der Waals surface area contributed by atoms with Crippen LogP contribution in [-0.2, 0) is 16.1 Å². The summed E-state index contributed by atoms with van der Waals surface area (Å²) in [6.07, 6.45) is 3.76. The quantitative estimate of drug-likeness (QED) is 0.548. The molecule has 6 heteroatoms. The minimum absolute atomic E-state index is 0. The minimum atomic E-state index is -0.694. The number of aryl methyl sites for hydroxylation is 1. The summed E-state index contributed by atoms with van der Waals surface area (Å²) >= 11 is 0. The molecule has 4 rings (SSSR count). The molecule has 160 valence electrons. The lowest BCUT2D eigenvalue weighted by Gasteiger charge is -2.30. The van der Waals surface area contributed by atoms with Gasteiger partial charge in [0.1, 0.15) is 6.61 Å². The van der Waals surface area contributed by atoms with Crippen molar-refractivity contribution in [2.24, 2.45) is 11.1 Å². The normalized spacial score (nSPS) is 22.7. The molecule has 5 nitrogen and oxygen atoms in total. The van der Waals surface area contributed by atoms with E-state index in [1.807, 2.05) is 6.07 Å². The van der Waals surface area contributed by atoms with Crippen molar-refractivity contribution in [3.63, 3.8) is 0 Å². The molecule has 2 aromatic rings. The van der Waals surface area contributed by atoms with Gasteiger partial charge in [-0.2, -0.15) is 0 Å². The molecular weight excluding hydrogens is 400 g/mol. The third-order valence-electron chi connectivity index (χ3n) is 6.04. The highest BCUT2D eigenvalue weighted by Gasteiger charge is 2.28. The first kappa shape index (κ1) is 22.3. The standard InChI is InChI=1S/C24H28N2O3.ClH/c27-24(28)20-10-6-14-26(17-20)15-16-29-25-23-21-11-5-4-9-19(21)12-13-22(23)18-7-2-1-3-8-18;/h1-5,7-9,11,20,22H,6,10,12-17H2,(H,27,28);1H. The Morgan fingerprint density at radius 1 is 1.10 bits per heavy atom. The molecule has 2 aromatic carbocycles. The zero-order chi connectivity index (χ0) is 20.1. The number of hydrogen-bond donors (Lipinski definition) is 1. The van der Waals surface area contributed by atoms with E-state index in [4.69, 9.17) is 4.84 Å². The van der Waals surface area contributed by atoms with Crippen molar-refractivity contribution in [1.82, 2.24) is 4.90 Å². The minimum Gasteiger partial charge on any atom is -0.481 e. The SMILES string of the molecule is Cl.O=C(O)C1CCCN(CCON=C2c3ccccc3CCC2c2ccccc2)C1. The molecule has 0 saturated carbocycles. The van der Waals surface area contributed by atoms with Gasteiger partial charge in [-0.05, 0) is 43.4 Å². The highest BCUT2D eigenvalue weighted by molar-refractivity contribution is 6.06. The van der Waals surface area contributed by atoms with Crippen molar-refractivity contribution in [3.05, 3.63) is 71.3 Å². The molecule has 0 aromatic heterocycles. The van der Waals surface area contributed by atoms with E-state index in [0.29, 0.717) is 19.7 Å². The van der Waals surface area contributed by atoms with Gasteiger partial charge in [0.2, 0.25) is 0 Å². The second-order valence-corrected chi connectivity index (χ2v) is 7.95. The van der Waals surface area contributed by atoms with Crippen LogP contribution in [0.4, 0.5) is 0 Å². The van der Waals surface area contributed by atoms with E-state index in [9.17, 15) is 9.90 Å². The molecule has 2 atom stereocenters. The Morgan fingerprint density at radius 2 is 1.87 bits per heavy atom. The largest absolute Gasteiger partial charge is 0.481 e. The third kappa shape index (κ3) is 5.21. The Kier molecular flexibility index (Phi) is 7.88. The van der Waals surface area contributed by atoms with Gasteiger partial charge in [-0.1, -0.05) is 59.8 Å². The van der Waals surface area contributed by atoms with Crippen molar-refractivity contribution in [1.29, 1.82) is 0 Å². The molecule has 1 aliphatic heterocycles. The molecule has 0 amide bonds. The Labute approximate surface area is 184 Å². The van der Waals surface area contributed by atoms with Crippen LogP contribution in [-0.4, -0.2) is 47.9 Å². The summed E-state index contributed by atoms with van der Waals surface area (Å²) in [6.45, 7) is 2.71. The van der Waals surface area contributed by atoms with Crippen molar-refractivity contribution in [2.75, 3.05) is 26.2 Å². The van der Waals surface area contributed by atoms with Crippen LogP contribution in [0.2, 0.25) is 0 Å². The number of oxime groups is 1. The van der Waals surface area contributed by atoms with Gasteiger partial charge in [0, 0.05) is 24.6 Å². The molecule has 2 unspecified atom stereocenters. The van der Waals surface area contributed by atoms with Crippen LogP contribution in [0, 0.1) is 5.92 Å². The van der Waals surface area contributed by atoms with E-state index in [0.717, 1.165) is 37.9 Å². The number of halogens is 1. The maximum Gasteiger partial charge on any atom is 0.307 e. The van der Waals surface area contributed by atoms with Crippen LogP contribution in [0.5, 0.6) is 0 Å². The second-order valence-electron chi connectivity index (χ2n) is 7.95. The number of rotatable bonds is 6. The number of carboxylic acids is 1. The molecule has 2 aliphatic rings. The third-order valence-corrected chi connectivity index (χ3v) is 6.04. The van der Waals surface area contributed by atoms with Crippen LogP contribution in [0.25, 0.3) is 0 Å². The van der Waals surface area contributed by atoms with Crippen LogP contribution in [0.3, 0.4) is 0 Å². The molecule has 0 radical (unpaired) electrons. The lowest BCUT2D eigenvalue weighted by Crippen LogP contribution is -2.40. The maximum atomic E-state index is 11.2. The summed E-state index contributed by atoms with van der Waals surface area (Å²) in [7, 11) is 0. The van der Waals surface area contributed by atoms with Gasteiger partial charge in [0.05, 0.1) is 11.6 Å². The first-order valence-electron chi connectivity index (χ1n) is 10.5. The fourth-order valence-corrected chi connectivity index (χ4v) is 4.48. The predicted molar refractivity (Wildman–Crippen MR) is 120 cm³/mol. The summed E-state index contributed by atoms with van der Waals surface area (Å²) in [5.41, 5.74) is 4.77. The molecule has 1 heterocycles. The number of hydrogen-bond acceptors (Lipinski definition) is 4. The second kappa shape index (κ2) is 10.6. The zero-order valence-corrected chi connectivity index (χ0v) is 17.9. The van der Waals surface area contributed by atoms with E-state index in [1.165, 1.54) is 16.7 Å². The molecule has 1 saturated heterocycles. The number of carbonyl (C=O) groups is 1. The molecule has 1 fully saturated rings. The number of likely N-dealkylation sites (tertiary alicyclic amines) is 1. The van der Waals surface area contributed by atoms with E-state index >= 15 is 0 Å². The number of piperidine rings is 1. The zero-order valence-electron chi connectivity index (χ0n) is 17.1. The lowest BCUT2D eigenvalue weighted by molar-refractivity contribution is -0.143. The van der Waals surface area contributed by atoms with Crippen molar-refractivity contribution < 1.29 is 14.7 Å². The van der Waals surface area contributed by atoms with Gasteiger partial charge in [0.15, 0.2) is 0 Å². The number of aliphatic carboxylic acids is 1. The fourth-order valence-electron chi connectivity index (χ4n) is 4.48. The van der Waals surface area contributed by atoms with Crippen LogP contribution in [0.1, 0.15) is 41.9 Å². The number of nitrogens with zero attached hydrogens (tertiary/aromatic N) is 2. The van der Waals surface area contributed by atoms with Crippen molar-refractivity contribution >= 4 is 24.1 Å². The summed E-state index contributed by atoms with van der Waals surface area (Å²) in [6, 6.07) is 18.9. The number of carboxylic acid groups (broad SMARTS) is 1. The Bertz CT molecular complexity index is 872.